The molecule has 4 aliphatic rings. The fraction of sp³-hybridized carbons (Fsp3) is 1.00. The van der Waals surface area contributed by atoms with Crippen LogP contribution in [0.15, 0.2) is 0 Å². The van der Waals surface area contributed by atoms with Crippen molar-refractivity contribution in [3.8, 4) is 0 Å². The average Bonchev–Trinajstić information content (AvgIpc) is 2.55. The van der Waals surface area contributed by atoms with Gasteiger partial charge in [-0.25, -0.2) is 0 Å². The minimum atomic E-state index is 0.600. The van der Waals surface area contributed by atoms with Crippen LogP contribution in [-0.2, 0) is 0 Å². The molecule has 2 heteroatoms. The Morgan fingerprint density at radius 3 is 1.00 bits per heavy atom. The van der Waals surface area contributed by atoms with Crippen molar-refractivity contribution in [2.75, 3.05) is 0 Å². The molecule has 4 saturated heterocycles. The molecule has 0 aromatic rings. The zero-order valence-corrected chi connectivity index (χ0v) is 10.7. The van der Waals surface area contributed by atoms with Crippen molar-refractivity contribution in [2.24, 2.45) is 10.8 Å². The molecule has 0 radical (unpaired) electrons. The topological polar surface area (TPSA) is 0 Å². The predicted molar refractivity (Wildman–Crippen MR) is 58.2 cm³/mol. The van der Waals surface area contributed by atoms with Gasteiger partial charge in [-0.05, 0) is 10.8 Å². The number of hydrogen-bond donors (Lipinski definition) is 0. The highest BCUT2D eigenvalue weighted by Crippen LogP contribution is 3.55. The van der Waals surface area contributed by atoms with Gasteiger partial charge >= 0.3 is 0 Å². The minimum Gasteiger partial charge on any atom is -0.0589 e. The number of rotatable bonds is 0. The van der Waals surface area contributed by atoms with Gasteiger partial charge in [-0.1, -0.05) is 56.8 Å². The third-order valence-electron chi connectivity index (χ3n) is 3.82. The fourth-order valence-corrected chi connectivity index (χ4v) is 19.8. The largest absolute Gasteiger partial charge is 0.0589 e. The van der Waals surface area contributed by atoms with Crippen molar-refractivity contribution >= 4 is 15.2 Å². The Morgan fingerprint density at radius 2 is 0.917 bits per heavy atom. The Kier molecular flexibility index (Phi) is 1.00. The molecular weight excluding hydrogens is 182 g/mol. The van der Waals surface area contributed by atoms with Gasteiger partial charge in [-0.15, -0.1) is 0 Å². The molecule has 68 valence electrons. The highest BCUT2D eigenvalue weighted by atomic mass is 32.2. The summed E-state index contributed by atoms with van der Waals surface area (Å²) >= 11 is 0. The molecule has 12 heavy (non-hydrogen) atoms. The second-order valence-corrected chi connectivity index (χ2v) is 13.5. The van der Waals surface area contributed by atoms with Gasteiger partial charge in [0.05, 0.1) is 0 Å². The van der Waals surface area contributed by atoms with E-state index >= 15 is 0 Å². The molecule has 0 saturated carbocycles. The van der Waals surface area contributed by atoms with E-state index in [-0.39, 0.29) is 0 Å². The van der Waals surface area contributed by atoms with Crippen LogP contribution in [0, 0.1) is 10.8 Å². The molecule has 0 aromatic heterocycles. The summed E-state index contributed by atoms with van der Waals surface area (Å²) in [4.78, 5) is 1.89. The van der Waals surface area contributed by atoms with E-state index in [1.807, 2.05) is 0 Å². The van der Waals surface area contributed by atoms with Crippen molar-refractivity contribution in [1.29, 1.82) is 0 Å². The summed E-state index contributed by atoms with van der Waals surface area (Å²) in [5.41, 5.74) is 1.27. The lowest BCUT2D eigenvalue weighted by Crippen LogP contribution is -2.23. The second kappa shape index (κ2) is 1.47. The number of hydrogen-bond acceptors (Lipinski definition) is 0. The van der Waals surface area contributed by atoms with Gasteiger partial charge in [0.2, 0.25) is 0 Å². The molecular formula is C10H18P2. The van der Waals surface area contributed by atoms with Crippen LogP contribution < -0.4 is 0 Å². The Balaban J connectivity index is 1.93. The highest BCUT2D eigenvalue weighted by Gasteiger charge is 3.23. The molecule has 0 aliphatic carbocycles. The van der Waals surface area contributed by atoms with E-state index in [0.717, 1.165) is 9.79 Å². The first-order valence-corrected chi connectivity index (χ1v) is 8.23. The van der Waals surface area contributed by atoms with Gasteiger partial charge in [0.1, 0.15) is 0 Å². The molecule has 0 atom stereocenters. The normalized spacial score (nSPS) is 59.5. The van der Waals surface area contributed by atoms with Crippen LogP contribution in [0.4, 0.5) is 0 Å². The van der Waals surface area contributed by atoms with E-state index in [9.17, 15) is 0 Å². The van der Waals surface area contributed by atoms with Crippen molar-refractivity contribution in [1.82, 2.24) is 0 Å². The third kappa shape index (κ3) is 0.461. The van der Waals surface area contributed by atoms with Gasteiger partial charge in [0.25, 0.3) is 0 Å². The van der Waals surface area contributed by atoms with Crippen LogP contribution in [-0.4, -0.2) is 9.79 Å². The zero-order chi connectivity index (χ0) is 9.15. The van der Waals surface area contributed by atoms with Crippen molar-refractivity contribution in [2.45, 2.75) is 51.3 Å². The summed E-state index contributed by atoms with van der Waals surface area (Å²) in [6.45, 7) is 14.8. The standard InChI is InChI=1S/C10H18P2/c1-7(2,3)9-10(8(4,5)6)11(9)12(9)10/h1-6H3. The summed E-state index contributed by atoms with van der Waals surface area (Å²) in [7, 11) is 1.20. The monoisotopic (exact) mass is 200 g/mol. The summed E-state index contributed by atoms with van der Waals surface area (Å²) in [5, 5.41) is 0. The lowest BCUT2D eigenvalue weighted by Gasteiger charge is -2.21. The first-order chi connectivity index (χ1) is 5.24. The summed E-state index contributed by atoms with van der Waals surface area (Å²) in [5.74, 6) is 0. The molecule has 0 unspecified atom stereocenters. The summed E-state index contributed by atoms with van der Waals surface area (Å²) < 4.78 is 0. The molecule has 0 N–H and O–H groups in total. The van der Waals surface area contributed by atoms with E-state index in [0.29, 0.717) is 26.1 Å². The zero-order valence-electron chi connectivity index (χ0n) is 8.89. The van der Waals surface area contributed by atoms with E-state index < -0.39 is 0 Å². The summed E-state index contributed by atoms with van der Waals surface area (Å²) in [6.07, 6.45) is 0. The SMILES string of the molecule is CC(C)(C)C12P3P1C32C(C)(C)C. The maximum atomic E-state index is 2.46. The lowest BCUT2D eigenvalue weighted by atomic mass is 9.81. The van der Waals surface area contributed by atoms with E-state index in [2.05, 4.69) is 41.5 Å². The van der Waals surface area contributed by atoms with Crippen LogP contribution in [0.25, 0.3) is 0 Å². The molecule has 4 fully saturated rings. The Bertz CT molecular complexity index is 241. The van der Waals surface area contributed by atoms with E-state index in [1.165, 1.54) is 0 Å². The van der Waals surface area contributed by atoms with Crippen molar-refractivity contribution < 1.29 is 0 Å². The first kappa shape index (κ1) is 8.19. The van der Waals surface area contributed by atoms with Crippen LogP contribution in [0.1, 0.15) is 41.5 Å². The van der Waals surface area contributed by atoms with Gasteiger partial charge in [0.15, 0.2) is 0 Å². The van der Waals surface area contributed by atoms with Crippen molar-refractivity contribution in [3.63, 3.8) is 0 Å². The van der Waals surface area contributed by atoms with E-state index in [4.69, 9.17) is 0 Å². The highest BCUT2D eigenvalue weighted by molar-refractivity contribution is 8.75. The second-order valence-electron chi connectivity index (χ2n) is 6.47. The predicted octanol–water partition coefficient (Wildman–Crippen LogP) is 4.39. The quantitative estimate of drug-likeness (QED) is 0.508. The molecule has 0 nitrogen and oxygen atoms in total. The van der Waals surface area contributed by atoms with Crippen LogP contribution in [0.2, 0.25) is 0 Å². The lowest BCUT2D eigenvalue weighted by molar-refractivity contribution is 0.335. The molecule has 0 spiro atoms. The van der Waals surface area contributed by atoms with Gasteiger partial charge in [0, 0.05) is 9.79 Å². The average molecular weight is 200 g/mol. The smallest absolute Gasteiger partial charge is 0.0398 e. The van der Waals surface area contributed by atoms with Crippen LogP contribution >= 0.6 is 15.2 Å². The Labute approximate surface area is 77.9 Å². The minimum absolute atomic E-state index is 0.600. The molecule has 0 aromatic carbocycles. The van der Waals surface area contributed by atoms with Crippen LogP contribution in [0.3, 0.4) is 0 Å². The maximum absolute atomic E-state index is 2.46. The van der Waals surface area contributed by atoms with Gasteiger partial charge in [-0.2, -0.15) is 0 Å². The fourth-order valence-electron chi connectivity index (χ4n) is 3.27. The summed E-state index contributed by atoms with van der Waals surface area (Å²) in [6, 6.07) is 0. The van der Waals surface area contributed by atoms with Gasteiger partial charge < -0.3 is 0 Å². The Morgan fingerprint density at radius 1 is 0.667 bits per heavy atom. The van der Waals surface area contributed by atoms with Gasteiger partial charge in [-0.3, -0.25) is 0 Å². The Hall–Kier alpha value is 0.860. The molecule has 0 bridgehead atoms. The first-order valence-electron chi connectivity index (χ1n) is 4.84. The molecule has 4 rings (SSSR count). The van der Waals surface area contributed by atoms with Crippen LogP contribution in [0.5, 0.6) is 0 Å². The third-order valence-corrected chi connectivity index (χ3v) is 15.8. The van der Waals surface area contributed by atoms with E-state index in [1.54, 1.807) is 0 Å². The molecule has 0 amide bonds. The maximum Gasteiger partial charge on any atom is 0.0398 e. The molecule has 4 heterocycles. The van der Waals surface area contributed by atoms with Crippen molar-refractivity contribution in [3.05, 3.63) is 0 Å². The molecule has 4 aliphatic heterocycles.